The summed E-state index contributed by atoms with van der Waals surface area (Å²) in [4.78, 5) is 13.1. The van der Waals surface area contributed by atoms with E-state index in [0.717, 1.165) is 55.5 Å². The third-order valence-corrected chi connectivity index (χ3v) is 6.71. The van der Waals surface area contributed by atoms with E-state index in [0.29, 0.717) is 6.42 Å². The molecule has 4 rings (SSSR count). The fourth-order valence-electron chi connectivity index (χ4n) is 5.01. The van der Waals surface area contributed by atoms with E-state index in [-0.39, 0.29) is 5.91 Å². The van der Waals surface area contributed by atoms with E-state index < -0.39 is 11.1 Å². The van der Waals surface area contributed by atoms with Gasteiger partial charge in [0.15, 0.2) is 5.72 Å². The highest BCUT2D eigenvalue weighted by Crippen LogP contribution is 2.54. The van der Waals surface area contributed by atoms with Crippen LogP contribution in [0, 0.1) is 5.41 Å². The van der Waals surface area contributed by atoms with Crippen molar-refractivity contribution in [2.45, 2.75) is 57.6 Å². The molecule has 1 aliphatic carbocycles. The lowest BCUT2D eigenvalue weighted by Crippen LogP contribution is -2.55. The van der Waals surface area contributed by atoms with Gasteiger partial charge >= 0.3 is 0 Å². The third kappa shape index (κ3) is 3.52. The molecule has 1 fully saturated rings. The maximum Gasteiger partial charge on any atom is 0.245 e. The number of hydrazone groups is 1. The van der Waals surface area contributed by atoms with E-state index in [4.69, 9.17) is 9.84 Å². The minimum Gasteiger partial charge on any atom is -0.497 e. The maximum absolute atomic E-state index is 13.1. The zero-order valence-electron chi connectivity index (χ0n) is 17.8. The molecule has 1 amide bonds. The van der Waals surface area contributed by atoms with Gasteiger partial charge in [-0.1, -0.05) is 55.3 Å². The van der Waals surface area contributed by atoms with Crippen LogP contribution in [0.2, 0.25) is 0 Å². The van der Waals surface area contributed by atoms with Gasteiger partial charge in [0.05, 0.1) is 18.2 Å². The molecule has 1 saturated carbocycles. The number of benzene rings is 2. The SMILES string of the molecule is COc1cccc(C2=NN(C(=O)CCCc3ccccc3)C(C)(O)C23CCCC3)c1. The van der Waals surface area contributed by atoms with Gasteiger partial charge in [0.2, 0.25) is 5.91 Å². The van der Waals surface area contributed by atoms with Crippen molar-refractivity contribution in [1.82, 2.24) is 5.01 Å². The van der Waals surface area contributed by atoms with E-state index in [1.54, 1.807) is 14.0 Å². The standard InChI is InChI=1S/C25H30N2O3/c1-24(29)25(16-6-7-17-25)23(20-13-9-14-21(18-20)30-2)26-27(24)22(28)15-8-12-19-10-4-3-5-11-19/h3-5,9-11,13-14,18,29H,6-8,12,15-17H2,1-2H3. The van der Waals surface area contributed by atoms with Crippen molar-refractivity contribution >= 4 is 11.6 Å². The fraction of sp³-hybridized carbons (Fsp3) is 0.440. The molecule has 1 atom stereocenters. The Bertz CT molecular complexity index is 930. The van der Waals surface area contributed by atoms with Crippen molar-refractivity contribution in [3.8, 4) is 5.75 Å². The van der Waals surface area contributed by atoms with Gasteiger partial charge in [-0.15, -0.1) is 0 Å². The lowest BCUT2D eigenvalue weighted by atomic mass is 9.71. The Labute approximate surface area is 178 Å². The number of carbonyl (C=O) groups is 1. The highest BCUT2D eigenvalue weighted by molar-refractivity contribution is 6.08. The number of carbonyl (C=O) groups excluding carboxylic acids is 1. The predicted molar refractivity (Wildman–Crippen MR) is 117 cm³/mol. The fourth-order valence-corrected chi connectivity index (χ4v) is 5.01. The van der Waals surface area contributed by atoms with Crippen molar-refractivity contribution < 1.29 is 14.6 Å². The summed E-state index contributed by atoms with van der Waals surface area (Å²) >= 11 is 0. The van der Waals surface area contributed by atoms with Crippen LogP contribution in [0.4, 0.5) is 0 Å². The molecule has 1 heterocycles. The second kappa shape index (κ2) is 8.23. The van der Waals surface area contributed by atoms with Crippen molar-refractivity contribution in [1.29, 1.82) is 0 Å². The summed E-state index contributed by atoms with van der Waals surface area (Å²) in [5.74, 6) is 0.621. The molecule has 1 N–H and O–H groups in total. The molecule has 0 radical (unpaired) electrons. The summed E-state index contributed by atoms with van der Waals surface area (Å²) < 4.78 is 5.39. The Kier molecular flexibility index (Phi) is 5.65. The highest BCUT2D eigenvalue weighted by atomic mass is 16.5. The van der Waals surface area contributed by atoms with Gasteiger partial charge in [-0.2, -0.15) is 5.10 Å². The smallest absolute Gasteiger partial charge is 0.245 e. The molecule has 1 unspecified atom stereocenters. The lowest BCUT2D eigenvalue weighted by molar-refractivity contribution is -0.170. The lowest BCUT2D eigenvalue weighted by Gasteiger charge is -2.40. The molecule has 2 aromatic carbocycles. The van der Waals surface area contributed by atoms with Gasteiger partial charge in [-0.25, -0.2) is 5.01 Å². The van der Waals surface area contributed by atoms with Crippen LogP contribution in [-0.2, 0) is 11.2 Å². The first kappa shape index (κ1) is 20.6. The molecular weight excluding hydrogens is 376 g/mol. The molecule has 5 heteroatoms. The molecule has 0 bridgehead atoms. The molecule has 0 aromatic heterocycles. The summed E-state index contributed by atoms with van der Waals surface area (Å²) in [7, 11) is 1.64. The average Bonchev–Trinajstić information content (AvgIpc) is 3.34. The Morgan fingerprint density at radius 2 is 1.87 bits per heavy atom. The van der Waals surface area contributed by atoms with Crippen molar-refractivity contribution in [2.75, 3.05) is 7.11 Å². The van der Waals surface area contributed by atoms with Gasteiger partial charge in [-0.05, 0) is 50.3 Å². The number of ether oxygens (including phenoxy) is 1. The van der Waals surface area contributed by atoms with Crippen LogP contribution in [0.15, 0.2) is 59.7 Å². The van der Waals surface area contributed by atoms with E-state index in [2.05, 4.69) is 12.1 Å². The van der Waals surface area contributed by atoms with Gasteiger partial charge in [0.1, 0.15) is 5.75 Å². The maximum atomic E-state index is 13.1. The van der Waals surface area contributed by atoms with E-state index in [1.807, 2.05) is 42.5 Å². The quantitative estimate of drug-likeness (QED) is 0.766. The molecule has 1 spiro atoms. The van der Waals surface area contributed by atoms with Crippen LogP contribution in [0.3, 0.4) is 0 Å². The zero-order valence-corrected chi connectivity index (χ0v) is 17.8. The first-order chi connectivity index (χ1) is 14.5. The number of methoxy groups -OCH3 is 1. The van der Waals surface area contributed by atoms with Crippen LogP contribution >= 0.6 is 0 Å². The monoisotopic (exact) mass is 406 g/mol. The normalized spacial score (nSPS) is 22.4. The Morgan fingerprint density at radius 3 is 2.57 bits per heavy atom. The first-order valence-electron chi connectivity index (χ1n) is 10.8. The third-order valence-electron chi connectivity index (χ3n) is 6.71. The molecule has 1 aliphatic heterocycles. The molecule has 5 nitrogen and oxygen atoms in total. The van der Waals surface area contributed by atoms with Crippen molar-refractivity contribution in [3.05, 3.63) is 65.7 Å². The van der Waals surface area contributed by atoms with Crippen LogP contribution < -0.4 is 4.74 Å². The number of hydrogen-bond acceptors (Lipinski definition) is 4. The summed E-state index contributed by atoms with van der Waals surface area (Å²) in [6, 6.07) is 17.9. The number of amides is 1. The number of hydrogen-bond donors (Lipinski definition) is 1. The molecule has 0 saturated heterocycles. The minimum atomic E-state index is -1.33. The van der Waals surface area contributed by atoms with E-state index in [9.17, 15) is 9.90 Å². The van der Waals surface area contributed by atoms with Gasteiger partial charge < -0.3 is 9.84 Å². The topological polar surface area (TPSA) is 62.1 Å². The second-order valence-corrected chi connectivity index (χ2v) is 8.54. The number of rotatable bonds is 6. The van der Waals surface area contributed by atoms with Crippen LogP contribution in [0.1, 0.15) is 56.6 Å². The summed E-state index contributed by atoms with van der Waals surface area (Å²) in [6.45, 7) is 1.75. The Hall–Kier alpha value is -2.66. The number of aryl methyl sites for hydroxylation is 1. The summed E-state index contributed by atoms with van der Waals surface area (Å²) in [5.41, 5.74) is 1.07. The van der Waals surface area contributed by atoms with Crippen molar-refractivity contribution in [3.63, 3.8) is 0 Å². The van der Waals surface area contributed by atoms with Gasteiger partial charge in [0.25, 0.3) is 0 Å². The van der Waals surface area contributed by atoms with Gasteiger partial charge in [0, 0.05) is 12.0 Å². The van der Waals surface area contributed by atoms with Crippen molar-refractivity contribution in [2.24, 2.45) is 10.5 Å². The second-order valence-electron chi connectivity index (χ2n) is 8.54. The van der Waals surface area contributed by atoms with Gasteiger partial charge in [-0.3, -0.25) is 4.79 Å². The summed E-state index contributed by atoms with van der Waals surface area (Å²) in [6.07, 6.45) is 5.61. The largest absolute Gasteiger partial charge is 0.497 e. The molecule has 2 aliphatic rings. The average molecular weight is 407 g/mol. The van der Waals surface area contributed by atoms with Crippen LogP contribution in [0.25, 0.3) is 0 Å². The van der Waals surface area contributed by atoms with Crippen LogP contribution in [-0.4, -0.2) is 34.6 Å². The molecule has 158 valence electrons. The predicted octanol–water partition coefficient (Wildman–Crippen LogP) is 4.53. The Morgan fingerprint density at radius 1 is 1.13 bits per heavy atom. The molecule has 2 aromatic rings. The van der Waals surface area contributed by atoms with Crippen LogP contribution in [0.5, 0.6) is 5.75 Å². The minimum absolute atomic E-state index is 0.125. The zero-order chi connectivity index (χ0) is 21.2. The first-order valence-corrected chi connectivity index (χ1v) is 10.8. The Balaban J connectivity index is 1.59. The number of aliphatic hydroxyl groups is 1. The molecular formula is C25H30N2O3. The van der Waals surface area contributed by atoms with E-state index >= 15 is 0 Å². The van der Waals surface area contributed by atoms with E-state index in [1.165, 1.54) is 10.6 Å². The molecule has 30 heavy (non-hydrogen) atoms. The summed E-state index contributed by atoms with van der Waals surface area (Å²) in [5, 5.41) is 17.7. The highest BCUT2D eigenvalue weighted by Gasteiger charge is 2.61. The number of nitrogens with zero attached hydrogens (tertiary/aromatic N) is 2.